The molecule has 448 valence electrons. The summed E-state index contributed by atoms with van der Waals surface area (Å²) in [6, 6.07) is 79.8. The van der Waals surface area contributed by atoms with Crippen molar-refractivity contribution in [2.24, 2.45) is 11.8 Å². The predicted molar refractivity (Wildman–Crippen MR) is 388 cm³/mol. The van der Waals surface area contributed by atoms with Crippen LogP contribution >= 0.6 is 11.3 Å². The lowest BCUT2D eigenvalue weighted by molar-refractivity contribution is 0.327. The number of thiophene rings is 1. The molecule has 2 aliphatic heterocycles. The van der Waals surface area contributed by atoms with E-state index in [0.717, 1.165) is 62.7 Å². The zero-order chi connectivity index (χ0) is 61.8. The third-order valence-corrected chi connectivity index (χ3v) is 24.1. The van der Waals surface area contributed by atoms with Gasteiger partial charge in [0.15, 0.2) is 5.58 Å². The van der Waals surface area contributed by atoms with Crippen LogP contribution in [0.15, 0.2) is 211 Å². The second-order valence-corrected chi connectivity index (χ2v) is 32.1. The number of para-hydroxylation sites is 3. The Kier molecular flexibility index (Phi) is 11.7. The van der Waals surface area contributed by atoms with Gasteiger partial charge in [-0.15, -0.1) is 11.3 Å². The normalized spacial score (nSPS) is 19.6. The van der Waals surface area contributed by atoms with Crippen molar-refractivity contribution >= 4 is 117 Å². The van der Waals surface area contributed by atoms with Crippen LogP contribution in [0.4, 0.5) is 51.2 Å². The zero-order valence-corrected chi connectivity index (χ0v) is 55.1. The molecule has 3 unspecified atom stereocenters. The minimum absolute atomic E-state index is 0.0108. The van der Waals surface area contributed by atoms with Gasteiger partial charge < -0.3 is 19.1 Å². The summed E-state index contributed by atoms with van der Waals surface area (Å²) in [6.07, 6.45) is 7.56. The van der Waals surface area contributed by atoms with Crippen LogP contribution < -0.4 is 30.4 Å². The van der Waals surface area contributed by atoms with Gasteiger partial charge >= 0.3 is 0 Å². The van der Waals surface area contributed by atoms with Crippen LogP contribution in [0.1, 0.15) is 141 Å². The number of benzene rings is 10. The lowest BCUT2D eigenvalue weighted by Crippen LogP contribution is -2.60. The van der Waals surface area contributed by atoms with Gasteiger partial charge in [-0.1, -0.05) is 209 Å². The predicted octanol–water partition coefficient (Wildman–Crippen LogP) is 22.1. The first-order valence-electron chi connectivity index (χ1n) is 33.6. The molecule has 0 radical (unpaired) electrons. The van der Waals surface area contributed by atoms with Gasteiger partial charge in [0.05, 0.1) is 22.7 Å². The van der Waals surface area contributed by atoms with Gasteiger partial charge in [0.1, 0.15) is 5.58 Å². The summed E-state index contributed by atoms with van der Waals surface area (Å²) in [6.45, 7) is 24.0. The topological polar surface area (TPSA) is 22.9 Å². The molecule has 2 aromatic heterocycles. The van der Waals surface area contributed by atoms with E-state index in [-0.39, 0.29) is 33.8 Å². The highest BCUT2D eigenvalue weighted by Crippen LogP contribution is 2.68. The summed E-state index contributed by atoms with van der Waals surface area (Å²) >= 11 is 2.05. The van der Waals surface area contributed by atoms with Gasteiger partial charge in [0, 0.05) is 70.6 Å². The van der Waals surface area contributed by atoms with E-state index in [1.165, 1.54) is 125 Å². The number of fused-ring (bicyclic) bond motifs is 18. The maximum atomic E-state index is 7.24. The molecular weight excluding hydrogens is 1120 g/mol. The van der Waals surface area contributed by atoms with Crippen LogP contribution in [0.3, 0.4) is 0 Å². The molecule has 4 heterocycles. The van der Waals surface area contributed by atoms with Crippen LogP contribution in [-0.4, -0.2) is 6.71 Å². The molecule has 6 heteroatoms. The first-order valence-corrected chi connectivity index (χ1v) is 34.4. The van der Waals surface area contributed by atoms with Gasteiger partial charge in [-0.25, -0.2) is 0 Å². The highest BCUT2D eigenvalue weighted by atomic mass is 32.1. The van der Waals surface area contributed by atoms with Crippen molar-refractivity contribution in [1.29, 1.82) is 0 Å². The Hall–Kier alpha value is -8.58. The van der Waals surface area contributed by atoms with E-state index in [9.17, 15) is 0 Å². The highest BCUT2D eigenvalue weighted by Gasteiger charge is 2.58. The first-order chi connectivity index (χ1) is 43.9. The summed E-state index contributed by atoms with van der Waals surface area (Å²) in [5.41, 5.74) is 28.8. The standard InChI is InChI=1S/C85H78BN3OS/c1-81(2,3)53-36-38-56(39-37-53)87(68-30-18-15-24-58(68)52-22-12-11-13-23-52)57-40-41-67-71(47-57)88(70-32-20-27-60-59-25-16-19-33-74(59)90-79(60)70)72-45-55(82(4,5)6)46-73-77(72)86(67)80-78(62-48-65-66(49-75(62)91-80)84(9,10)43-42-83(65,7)8)89(73)69-31-21-29-64-76(69)61-26-14-17-28-63(61)85(64)50-51-34-35-54(85)44-51/h11-33,36-41,45-49,51,54H,34-35,42-44,50H2,1-10H3. The minimum atomic E-state index is -0.229. The molecule has 4 nitrogen and oxygen atoms in total. The van der Waals surface area contributed by atoms with E-state index in [4.69, 9.17) is 4.42 Å². The maximum absolute atomic E-state index is 7.24. The van der Waals surface area contributed by atoms with Crippen LogP contribution in [0.5, 0.6) is 0 Å². The molecule has 0 saturated heterocycles. The lowest BCUT2D eigenvalue weighted by atomic mass is 9.36. The summed E-state index contributed by atoms with van der Waals surface area (Å²) in [5.74, 6) is 1.42. The molecular formula is C85H78BN3OS. The van der Waals surface area contributed by atoms with Crippen molar-refractivity contribution in [3.8, 4) is 22.3 Å². The fraction of sp³-hybridized carbons (Fsp3) is 0.271. The van der Waals surface area contributed by atoms with Crippen molar-refractivity contribution in [3.05, 3.63) is 240 Å². The molecule has 2 saturated carbocycles. The average Bonchev–Trinajstić information content (AvgIpc) is 1.62. The smallest absolute Gasteiger partial charge is 0.264 e. The van der Waals surface area contributed by atoms with Crippen LogP contribution in [0, 0.1) is 11.8 Å². The third kappa shape index (κ3) is 7.94. The molecule has 6 aliphatic rings. The number of furan rings is 1. The molecule has 2 fully saturated rings. The second kappa shape index (κ2) is 19.2. The average molecular weight is 1200 g/mol. The fourth-order valence-electron chi connectivity index (χ4n) is 18.2. The number of nitrogens with zero attached hydrogens (tertiary/aromatic N) is 3. The maximum Gasteiger partial charge on any atom is 0.264 e. The van der Waals surface area contributed by atoms with E-state index in [1.807, 2.05) is 0 Å². The van der Waals surface area contributed by atoms with E-state index in [1.54, 1.807) is 11.1 Å². The quantitative estimate of drug-likeness (QED) is 0.155. The highest BCUT2D eigenvalue weighted by molar-refractivity contribution is 7.33. The molecule has 1 spiro atoms. The molecule has 2 bridgehead atoms. The van der Waals surface area contributed by atoms with Gasteiger partial charge in [-0.05, 0) is 194 Å². The number of hydrogen-bond donors (Lipinski definition) is 0. The summed E-state index contributed by atoms with van der Waals surface area (Å²) in [4.78, 5) is 7.98. The van der Waals surface area contributed by atoms with Crippen LogP contribution in [0.25, 0.3) is 54.3 Å². The van der Waals surface area contributed by atoms with Gasteiger partial charge in [-0.3, -0.25) is 0 Å². The zero-order valence-electron chi connectivity index (χ0n) is 54.3. The Bertz CT molecular complexity index is 5030. The Balaban J connectivity index is 0.969. The Labute approximate surface area is 541 Å². The monoisotopic (exact) mass is 1200 g/mol. The van der Waals surface area contributed by atoms with Crippen LogP contribution in [-0.2, 0) is 27.1 Å². The molecule has 18 rings (SSSR count). The van der Waals surface area contributed by atoms with Crippen molar-refractivity contribution in [1.82, 2.24) is 0 Å². The number of rotatable bonds is 6. The fourth-order valence-corrected chi connectivity index (χ4v) is 19.5. The molecule has 0 N–H and O–H groups in total. The Morgan fingerprint density at radius 1 is 0.516 bits per heavy atom. The Morgan fingerprint density at radius 2 is 1.16 bits per heavy atom. The summed E-state index contributed by atoms with van der Waals surface area (Å²) in [5, 5.41) is 3.60. The van der Waals surface area contributed by atoms with Crippen molar-refractivity contribution in [2.45, 2.75) is 135 Å². The van der Waals surface area contributed by atoms with Gasteiger partial charge in [-0.2, -0.15) is 0 Å². The number of hydrogen-bond acceptors (Lipinski definition) is 5. The van der Waals surface area contributed by atoms with Crippen LogP contribution in [0.2, 0.25) is 0 Å². The largest absolute Gasteiger partial charge is 0.454 e. The van der Waals surface area contributed by atoms with Crippen molar-refractivity contribution in [3.63, 3.8) is 0 Å². The van der Waals surface area contributed by atoms with Crippen molar-refractivity contribution < 1.29 is 4.42 Å². The first kappa shape index (κ1) is 55.3. The minimum Gasteiger partial charge on any atom is -0.454 e. The number of anilines is 9. The second-order valence-electron chi connectivity index (χ2n) is 31.1. The summed E-state index contributed by atoms with van der Waals surface area (Å²) < 4.78 is 10.0. The molecule has 12 aromatic rings. The molecule has 10 aromatic carbocycles. The Morgan fingerprint density at radius 3 is 1.91 bits per heavy atom. The van der Waals surface area contributed by atoms with E-state index in [2.05, 4.69) is 302 Å². The summed E-state index contributed by atoms with van der Waals surface area (Å²) in [7, 11) is 0. The van der Waals surface area contributed by atoms with Gasteiger partial charge in [0.2, 0.25) is 0 Å². The molecule has 3 atom stereocenters. The SMILES string of the molecule is CC(C)(C)c1ccc(N(c2ccc3c(c2)N(c2cccc4c2oc2ccccc24)c2cc(C(C)(C)C)cc4c2B3c2sc3cc5c(cc3c2N4c2cccc3c2-c2ccccc2C32CC3CCC2C3)C(C)(C)CCC5(C)C)c2ccccc2-c2ccccc2)cc1. The molecule has 0 amide bonds. The molecule has 4 aliphatic carbocycles. The van der Waals surface area contributed by atoms with E-state index < -0.39 is 0 Å². The molecule has 91 heavy (non-hydrogen) atoms. The lowest BCUT2D eigenvalue weighted by Gasteiger charge is -2.45. The van der Waals surface area contributed by atoms with E-state index >= 15 is 0 Å². The van der Waals surface area contributed by atoms with E-state index in [0.29, 0.717) is 5.92 Å². The van der Waals surface area contributed by atoms with Crippen molar-refractivity contribution in [2.75, 3.05) is 14.7 Å². The van der Waals surface area contributed by atoms with Gasteiger partial charge in [0.25, 0.3) is 6.71 Å². The third-order valence-electron chi connectivity index (χ3n) is 22.9.